The molecule has 1 aromatic carbocycles. The summed E-state index contributed by atoms with van der Waals surface area (Å²) in [5.74, 6) is 0.362. The van der Waals surface area contributed by atoms with Gasteiger partial charge in [-0.15, -0.1) is 11.6 Å². The minimum absolute atomic E-state index is 0.0532. The Morgan fingerprint density at radius 2 is 2.12 bits per heavy atom. The first-order chi connectivity index (χ1) is 8.04. The number of alkyl halides is 1. The number of rotatable bonds is 4. The summed E-state index contributed by atoms with van der Waals surface area (Å²) in [6, 6.07) is 7.27. The van der Waals surface area contributed by atoms with Crippen LogP contribution < -0.4 is 0 Å². The van der Waals surface area contributed by atoms with Gasteiger partial charge in [0.15, 0.2) is 9.84 Å². The van der Waals surface area contributed by atoms with Gasteiger partial charge in [0, 0.05) is 11.3 Å². The van der Waals surface area contributed by atoms with Crippen LogP contribution in [0.25, 0.3) is 10.9 Å². The third kappa shape index (κ3) is 2.61. The van der Waals surface area contributed by atoms with Crippen molar-refractivity contribution < 1.29 is 8.42 Å². The highest BCUT2D eigenvalue weighted by molar-refractivity contribution is 7.93. The number of aromatic nitrogens is 1. The fraction of sp³-hybridized carbons (Fsp3) is 0.364. The van der Waals surface area contributed by atoms with Crippen LogP contribution in [0.5, 0.6) is 0 Å². The maximum Gasteiger partial charge on any atom is 0.190 e. The minimum Gasteiger partial charge on any atom is -0.223 e. The van der Waals surface area contributed by atoms with Crippen molar-refractivity contribution >= 4 is 43.9 Å². The van der Waals surface area contributed by atoms with E-state index >= 15 is 0 Å². The topological polar surface area (TPSA) is 47.0 Å². The predicted molar refractivity (Wildman–Crippen MR) is 71.6 cm³/mol. The second-order valence-corrected chi connectivity index (χ2v) is 7.34. The summed E-state index contributed by atoms with van der Waals surface area (Å²) in [4.78, 5) is 0. The largest absolute Gasteiger partial charge is 0.223 e. The Labute approximate surface area is 110 Å². The zero-order valence-corrected chi connectivity index (χ0v) is 11.6. The van der Waals surface area contributed by atoms with E-state index < -0.39 is 9.84 Å². The maximum absolute atomic E-state index is 12.2. The number of benzene rings is 1. The zero-order chi connectivity index (χ0) is 12.5. The Kier molecular flexibility index (Phi) is 3.70. The molecule has 0 aliphatic carbocycles. The van der Waals surface area contributed by atoms with Crippen molar-refractivity contribution in [2.45, 2.75) is 11.1 Å². The molecule has 1 aromatic heterocycles. The van der Waals surface area contributed by atoms with Gasteiger partial charge in [-0.1, -0.05) is 25.1 Å². The molecule has 0 radical (unpaired) electrons. The molecule has 1 unspecified atom stereocenters. The van der Waals surface area contributed by atoms with Crippen LogP contribution in [0, 0.1) is 5.92 Å². The first-order valence-corrected chi connectivity index (χ1v) is 8.14. The summed E-state index contributed by atoms with van der Waals surface area (Å²) < 4.78 is 28.9. The van der Waals surface area contributed by atoms with Gasteiger partial charge in [0.1, 0.15) is 4.21 Å². The normalized spacial score (nSPS) is 14.0. The van der Waals surface area contributed by atoms with Gasteiger partial charge in [-0.2, -0.15) is 4.37 Å². The van der Waals surface area contributed by atoms with Crippen molar-refractivity contribution in [3.05, 3.63) is 24.3 Å². The fourth-order valence-electron chi connectivity index (χ4n) is 1.58. The lowest BCUT2D eigenvalue weighted by atomic mass is 10.3. The van der Waals surface area contributed by atoms with Crippen LogP contribution in [-0.2, 0) is 9.84 Å². The molecule has 0 saturated heterocycles. The number of hydrogen-bond acceptors (Lipinski definition) is 4. The molecule has 92 valence electrons. The molecule has 0 N–H and O–H groups in total. The van der Waals surface area contributed by atoms with E-state index in [0.29, 0.717) is 15.5 Å². The third-order valence-electron chi connectivity index (χ3n) is 2.40. The van der Waals surface area contributed by atoms with Gasteiger partial charge >= 0.3 is 0 Å². The number of nitrogens with zero attached hydrogens (tertiary/aromatic N) is 1. The van der Waals surface area contributed by atoms with Gasteiger partial charge in [-0.05, 0) is 23.5 Å². The number of sulfone groups is 1. The summed E-state index contributed by atoms with van der Waals surface area (Å²) in [6.45, 7) is 1.83. The van der Waals surface area contributed by atoms with Crippen molar-refractivity contribution in [3.8, 4) is 0 Å². The Morgan fingerprint density at radius 3 is 2.82 bits per heavy atom. The SMILES string of the molecule is CC(CCl)CS(=O)(=O)c1snc2ccccc12. The average molecular weight is 290 g/mol. The van der Waals surface area contributed by atoms with Crippen LogP contribution in [0.1, 0.15) is 6.92 Å². The Morgan fingerprint density at radius 1 is 1.41 bits per heavy atom. The van der Waals surface area contributed by atoms with Crippen molar-refractivity contribution in [2.24, 2.45) is 5.92 Å². The monoisotopic (exact) mass is 289 g/mol. The van der Waals surface area contributed by atoms with E-state index in [1.807, 2.05) is 25.1 Å². The molecule has 0 spiro atoms. The van der Waals surface area contributed by atoms with E-state index in [1.165, 1.54) is 0 Å². The molecule has 0 saturated carbocycles. The second-order valence-electron chi connectivity index (χ2n) is 4.03. The molecule has 0 fully saturated rings. The van der Waals surface area contributed by atoms with Crippen LogP contribution >= 0.6 is 23.1 Å². The van der Waals surface area contributed by atoms with Gasteiger partial charge in [0.2, 0.25) is 0 Å². The summed E-state index contributed by atoms with van der Waals surface area (Å²) in [6.07, 6.45) is 0. The Hall–Kier alpha value is -0.650. The second kappa shape index (κ2) is 4.92. The number of halogens is 1. The average Bonchev–Trinajstić information content (AvgIpc) is 2.72. The molecular formula is C11H12ClNO2S2. The molecular weight excluding hydrogens is 278 g/mol. The van der Waals surface area contributed by atoms with Crippen LogP contribution in [0.3, 0.4) is 0 Å². The van der Waals surface area contributed by atoms with Crippen LogP contribution in [0.4, 0.5) is 0 Å². The van der Waals surface area contributed by atoms with E-state index in [9.17, 15) is 8.42 Å². The fourth-order valence-corrected chi connectivity index (χ4v) is 4.73. The van der Waals surface area contributed by atoms with Gasteiger partial charge in [0.25, 0.3) is 0 Å². The van der Waals surface area contributed by atoms with Crippen molar-refractivity contribution in [1.82, 2.24) is 4.37 Å². The summed E-state index contributed by atoms with van der Waals surface area (Å²) in [5, 5.41) is 0.708. The van der Waals surface area contributed by atoms with E-state index in [2.05, 4.69) is 4.37 Å². The zero-order valence-electron chi connectivity index (χ0n) is 9.26. The van der Waals surface area contributed by atoms with Gasteiger partial charge in [-0.3, -0.25) is 0 Å². The van der Waals surface area contributed by atoms with E-state index in [-0.39, 0.29) is 11.7 Å². The lowest BCUT2D eigenvalue weighted by molar-refractivity contribution is 0.586. The van der Waals surface area contributed by atoms with Gasteiger partial charge < -0.3 is 0 Å². The smallest absolute Gasteiger partial charge is 0.190 e. The van der Waals surface area contributed by atoms with E-state index in [4.69, 9.17) is 11.6 Å². The highest BCUT2D eigenvalue weighted by atomic mass is 35.5. The number of fused-ring (bicyclic) bond motifs is 1. The molecule has 0 amide bonds. The molecule has 0 aliphatic rings. The molecule has 1 heterocycles. The molecule has 2 aromatic rings. The summed E-state index contributed by atoms with van der Waals surface area (Å²) in [7, 11) is -3.28. The standard InChI is InChI=1S/C11H12ClNO2S2/c1-8(6-12)7-17(14,15)11-9-4-2-3-5-10(9)13-16-11/h2-5,8H,6-7H2,1H3. The minimum atomic E-state index is -3.28. The van der Waals surface area contributed by atoms with E-state index in [0.717, 1.165) is 17.0 Å². The first-order valence-electron chi connectivity index (χ1n) is 5.17. The highest BCUT2D eigenvalue weighted by Gasteiger charge is 2.23. The van der Waals surface area contributed by atoms with Crippen molar-refractivity contribution in [1.29, 1.82) is 0 Å². The molecule has 6 heteroatoms. The lowest BCUT2D eigenvalue weighted by Crippen LogP contribution is -2.14. The highest BCUT2D eigenvalue weighted by Crippen LogP contribution is 2.28. The molecule has 1 atom stereocenters. The third-order valence-corrected chi connectivity index (χ3v) is 6.38. The van der Waals surface area contributed by atoms with Gasteiger partial charge in [0.05, 0.1) is 11.3 Å². The molecule has 0 bridgehead atoms. The summed E-state index contributed by atoms with van der Waals surface area (Å²) >= 11 is 6.70. The molecule has 3 nitrogen and oxygen atoms in total. The van der Waals surface area contributed by atoms with Crippen molar-refractivity contribution in [2.75, 3.05) is 11.6 Å². The molecule has 17 heavy (non-hydrogen) atoms. The molecule has 0 aliphatic heterocycles. The van der Waals surface area contributed by atoms with Crippen molar-refractivity contribution in [3.63, 3.8) is 0 Å². The van der Waals surface area contributed by atoms with Crippen LogP contribution in [0.2, 0.25) is 0 Å². The quantitative estimate of drug-likeness (QED) is 0.813. The summed E-state index contributed by atoms with van der Waals surface area (Å²) in [5.41, 5.74) is 0.731. The van der Waals surface area contributed by atoms with Crippen LogP contribution in [0.15, 0.2) is 28.5 Å². The predicted octanol–water partition coefficient (Wildman–Crippen LogP) is 2.94. The van der Waals surface area contributed by atoms with Crippen LogP contribution in [-0.4, -0.2) is 24.4 Å². The van der Waals surface area contributed by atoms with Gasteiger partial charge in [-0.25, -0.2) is 8.42 Å². The maximum atomic E-state index is 12.2. The Balaban J connectivity index is 2.46. The van der Waals surface area contributed by atoms with E-state index in [1.54, 1.807) is 6.07 Å². The molecule has 2 rings (SSSR count). The first kappa shape index (κ1) is 12.8. The lowest BCUT2D eigenvalue weighted by Gasteiger charge is -2.06. The Bertz CT molecular complexity index is 621. The number of hydrogen-bond donors (Lipinski definition) is 0.